The maximum atomic E-state index is 13.1. The zero-order chi connectivity index (χ0) is 23.8. The lowest BCUT2D eigenvalue weighted by atomic mass is 10.1. The molecule has 0 atom stereocenters. The fourth-order valence-electron chi connectivity index (χ4n) is 2.96. The number of fused-ring (bicyclic) bond motifs is 1. The average Bonchev–Trinajstić information content (AvgIpc) is 3.09. The number of nitrogens with zero attached hydrogens (tertiary/aromatic N) is 2. The van der Waals surface area contributed by atoms with E-state index in [1.54, 1.807) is 6.92 Å². The van der Waals surface area contributed by atoms with Crippen LogP contribution in [0.5, 0.6) is 5.75 Å². The molecule has 0 saturated carbocycles. The Bertz CT molecular complexity index is 1290. The maximum Gasteiger partial charge on any atom is 0.435 e. The van der Waals surface area contributed by atoms with Gasteiger partial charge in [0.2, 0.25) is 4.74 Å². The minimum Gasteiger partial charge on any atom is -0.506 e. The molecule has 3 aromatic rings. The van der Waals surface area contributed by atoms with Crippen molar-refractivity contribution in [3.05, 3.63) is 44.0 Å². The third kappa shape index (κ3) is 4.55. The first-order valence-electron chi connectivity index (χ1n) is 8.98. The smallest absolute Gasteiger partial charge is 0.435 e. The monoisotopic (exact) mass is 489 g/mol. The van der Waals surface area contributed by atoms with Crippen molar-refractivity contribution in [2.75, 3.05) is 13.2 Å². The number of nitrogens with one attached hydrogen (secondary N) is 1. The lowest BCUT2D eigenvalue weighted by molar-refractivity contribution is -0.142. The highest BCUT2D eigenvalue weighted by atomic mass is 35.5. The molecule has 32 heavy (non-hydrogen) atoms. The minimum atomic E-state index is -4.69. The summed E-state index contributed by atoms with van der Waals surface area (Å²) in [4.78, 5) is 36.5. The summed E-state index contributed by atoms with van der Waals surface area (Å²) in [6.07, 6.45) is -4.69. The van der Waals surface area contributed by atoms with E-state index in [4.69, 9.17) is 11.6 Å². The van der Waals surface area contributed by atoms with Gasteiger partial charge < -0.3 is 15.2 Å². The van der Waals surface area contributed by atoms with Crippen LogP contribution in [0.1, 0.15) is 23.0 Å². The third-order valence-electron chi connectivity index (χ3n) is 4.32. The van der Waals surface area contributed by atoms with Crippen LogP contribution in [0.25, 0.3) is 21.3 Å². The Morgan fingerprint density at radius 2 is 2.00 bits per heavy atom. The number of esters is 1. The molecule has 2 N–H and O–H groups in total. The number of hydrogen-bond donors (Lipinski definition) is 2. The first kappa shape index (κ1) is 23.5. The van der Waals surface area contributed by atoms with E-state index in [-0.39, 0.29) is 33.0 Å². The number of alkyl halides is 3. The molecule has 0 aliphatic carbocycles. The Morgan fingerprint density at radius 3 is 2.59 bits per heavy atom. The van der Waals surface area contributed by atoms with Gasteiger partial charge >= 0.3 is 12.1 Å². The van der Waals surface area contributed by atoms with Gasteiger partial charge in [0.1, 0.15) is 17.9 Å². The summed E-state index contributed by atoms with van der Waals surface area (Å²) in [5, 5.41) is 16.3. The van der Waals surface area contributed by atoms with Gasteiger partial charge in [-0.3, -0.25) is 19.1 Å². The van der Waals surface area contributed by atoms with Gasteiger partial charge in [0.25, 0.3) is 5.91 Å². The second-order valence-corrected chi connectivity index (χ2v) is 7.89. The predicted octanol–water partition coefficient (Wildman–Crippen LogP) is 3.33. The van der Waals surface area contributed by atoms with E-state index in [1.165, 1.54) is 19.2 Å². The van der Waals surface area contributed by atoms with Crippen LogP contribution < -0.4 is 10.1 Å². The van der Waals surface area contributed by atoms with Gasteiger partial charge in [0, 0.05) is 23.0 Å². The summed E-state index contributed by atoms with van der Waals surface area (Å²) < 4.78 is 44.1. The Balaban J connectivity index is 2.14. The van der Waals surface area contributed by atoms with Crippen molar-refractivity contribution >= 4 is 44.9 Å². The molecule has 3 rings (SSSR count). The average molecular weight is 490 g/mol. The molecule has 0 radical (unpaired) electrons. The van der Waals surface area contributed by atoms with Crippen molar-refractivity contribution < 1.29 is 32.6 Å². The van der Waals surface area contributed by atoms with Crippen molar-refractivity contribution in [1.29, 1.82) is 0 Å². The lowest BCUT2D eigenvalue weighted by Gasteiger charge is -2.11. The predicted molar refractivity (Wildman–Crippen MR) is 111 cm³/mol. The third-order valence-corrected chi connectivity index (χ3v) is 5.57. The first-order chi connectivity index (χ1) is 14.9. The van der Waals surface area contributed by atoms with Gasteiger partial charge in [-0.1, -0.05) is 22.9 Å². The highest BCUT2D eigenvalue weighted by Crippen LogP contribution is 2.40. The van der Waals surface area contributed by atoms with E-state index >= 15 is 0 Å². The maximum absolute atomic E-state index is 13.1. The van der Waals surface area contributed by atoms with Crippen molar-refractivity contribution in [3.8, 4) is 17.0 Å². The molecule has 1 amide bonds. The molecular weight excluding hydrogens is 475 g/mol. The number of halogens is 4. The number of rotatable bonds is 5. The van der Waals surface area contributed by atoms with Crippen LogP contribution >= 0.6 is 22.9 Å². The van der Waals surface area contributed by atoms with E-state index in [1.807, 2.05) is 0 Å². The molecule has 0 spiro atoms. The molecule has 8 nitrogen and oxygen atoms in total. The quantitative estimate of drug-likeness (QED) is 0.532. The summed E-state index contributed by atoms with van der Waals surface area (Å²) in [7, 11) is 1.29. The van der Waals surface area contributed by atoms with Gasteiger partial charge in [-0.15, -0.1) is 0 Å². The number of aryl methyl sites for hydroxylation is 1. The Labute approximate surface area is 187 Å². The summed E-state index contributed by atoms with van der Waals surface area (Å²) in [5.74, 6) is -2.47. The Hall–Kier alpha value is -3.12. The molecule has 0 bridgehead atoms. The molecule has 2 aromatic heterocycles. The highest BCUT2D eigenvalue weighted by molar-refractivity contribution is 7.17. The number of aromatic nitrogens is 2. The Morgan fingerprint density at radius 1 is 1.31 bits per heavy atom. The molecule has 170 valence electrons. The second kappa shape index (κ2) is 8.79. The summed E-state index contributed by atoms with van der Waals surface area (Å²) in [6.45, 7) is 1.15. The molecule has 0 unspecified atom stereocenters. The van der Waals surface area contributed by atoms with Gasteiger partial charge in [-0.05, 0) is 25.1 Å². The molecule has 0 fully saturated rings. The van der Waals surface area contributed by atoms with Crippen LogP contribution in [0.2, 0.25) is 5.02 Å². The second-order valence-electron chi connectivity index (χ2n) is 6.47. The van der Waals surface area contributed by atoms with Crippen LogP contribution in [-0.2, 0) is 22.8 Å². The van der Waals surface area contributed by atoms with Crippen molar-refractivity contribution in [2.24, 2.45) is 7.05 Å². The molecule has 1 aromatic carbocycles. The molecular formula is C19H15ClF3N3O5S. The van der Waals surface area contributed by atoms with E-state index in [2.05, 4.69) is 15.2 Å². The number of benzene rings is 1. The van der Waals surface area contributed by atoms with Crippen LogP contribution in [0.3, 0.4) is 0 Å². The molecule has 0 aliphatic heterocycles. The fraction of sp³-hybridized carbons (Fsp3) is 0.263. The normalized spacial score (nSPS) is 11.6. The highest BCUT2D eigenvalue weighted by Gasteiger charge is 2.35. The topological polar surface area (TPSA) is 111 Å². The van der Waals surface area contributed by atoms with Crippen LogP contribution in [0, 0.1) is 0 Å². The molecule has 2 heterocycles. The van der Waals surface area contributed by atoms with E-state index in [0.29, 0.717) is 11.3 Å². The van der Waals surface area contributed by atoms with Crippen molar-refractivity contribution in [3.63, 3.8) is 0 Å². The van der Waals surface area contributed by atoms with Crippen LogP contribution in [-0.4, -0.2) is 39.9 Å². The van der Waals surface area contributed by atoms with E-state index < -0.39 is 46.3 Å². The summed E-state index contributed by atoms with van der Waals surface area (Å²) in [6, 6.07) is 3.39. The molecule has 13 heteroatoms. The summed E-state index contributed by atoms with van der Waals surface area (Å²) in [5.41, 5.74) is -1.65. The van der Waals surface area contributed by atoms with E-state index in [0.717, 1.165) is 10.7 Å². The number of carbonyl (C=O) groups is 2. The van der Waals surface area contributed by atoms with E-state index in [9.17, 15) is 32.7 Å². The van der Waals surface area contributed by atoms with Crippen molar-refractivity contribution in [2.45, 2.75) is 13.1 Å². The van der Waals surface area contributed by atoms with Crippen LogP contribution in [0.15, 0.2) is 23.0 Å². The first-order valence-corrected chi connectivity index (χ1v) is 10.2. The zero-order valence-corrected chi connectivity index (χ0v) is 18.1. The minimum absolute atomic E-state index is 0.000567. The van der Waals surface area contributed by atoms with Gasteiger partial charge in [0.05, 0.1) is 17.0 Å². The number of hydrogen-bond acceptors (Lipinski definition) is 7. The van der Waals surface area contributed by atoms with Gasteiger partial charge in [0.15, 0.2) is 5.69 Å². The lowest BCUT2D eigenvalue weighted by Crippen LogP contribution is -2.33. The number of carbonyl (C=O) groups excluding carboxylic acids is 2. The number of aromatic hydroxyl groups is 1. The number of amides is 1. The number of ether oxygens (including phenoxy) is 1. The van der Waals surface area contributed by atoms with Crippen LogP contribution in [0.4, 0.5) is 13.2 Å². The van der Waals surface area contributed by atoms with Gasteiger partial charge in [-0.25, -0.2) is 0 Å². The zero-order valence-electron chi connectivity index (χ0n) is 16.5. The largest absolute Gasteiger partial charge is 0.506 e. The standard InChI is InChI=1S/C19H15ClF3N3O5S/c1-3-31-13(27)7-24-17(29)14-15(28)10-5-8(20)4-9(16(10)32-18(14)30)11-6-12(19(21,22)23)25-26(11)2/h4-6,28H,3,7H2,1-2H3,(H,24,29). The van der Waals surface area contributed by atoms with Gasteiger partial charge in [-0.2, -0.15) is 18.3 Å². The Kier molecular flexibility index (Phi) is 6.46. The molecule has 0 aliphatic rings. The summed E-state index contributed by atoms with van der Waals surface area (Å²) >= 11 is 6.64. The van der Waals surface area contributed by atoms with Crippen molar-refractivity contribution in [1.82, 2.24) is 15.1 Å². The molecule has 0 saturated heterocycles. The SMILES string of the molecule is CCOC(=O)CNC(=O)c1c(O)c2cc(Cl)cc(-c3cc(C(F)(F)F)nn3C)c2sc1=O. The fourth-order valence-corrected chi connectivity index (χ4v) is 4.19.